The topological polar surface area (TPSA) is 41.6 Å². The summed E-state index contributed by atoms with van der Waals surface area (Å²) in [4.78, 5) is 13.6. The highest BCUT2D eigenvalue weighted by Crippen LogP contribution is 2.31. The van der Waals surface area contributed by atoms with Crippen molar-refractivity contribution in [2.24, 2.45) is 5.92 Å². The number of ether oxygens (including phenoxy) is 1. The van der Waals surface area contributed by atoms with E-state index in [-0.39, 0.29) is 18.3 Å². The number of halogens is 1. The first-order valence-electron chi connectivity index (χ1n) is 11.8. The average Bonchev–Trinajstić information content (AvgIpc) is 2.81. The molecule has 1 aliphatic rings. The van der Waals surface area contributed by atoms with Crippen molar-refractivity contribution in [1.82, 2.24) is 4.90 Å². The minimum Gasteiger partial charge on any atom is -0.489 e. The molecule has 1 unspecified atom stereocenters. The van der Waals surface area contributed by atoms with Crippen molar-refractivity contribution in [3.05, 3.63) is 83.4 Å². The van der Waals surface area contributed by atoms with Crippen molar-refractivity contribution >= 4 is 24.0 Å². The summed E-state index contributed by atoms with van der Waals surface area (Å²) >= 11 is 0. The molecule has 3 aromatic carbocycles. The van der Waals surface area contributed by atoms with Crippen LogP contribution in [0.15, 0.2) is 66.7 Å². The molecule has 0 radical (unpaired) electrons. The van der Waals surface area contributed by atoms with Gasteiger partial charge in [0.15, 0.2) is 0 Å². The van der Waals surface area contributed by atoms with Crippen LogP contribution in [-0.4, -0.2) is 31.4 Å². The van der Waals surface area contributed by atoms with Crippen LogP contribution in [0.2, 0.25) is 0 Å². The molecule has 34 heavy (non-hydrogen) atoms. The lowest BCUT2D eigenvalue weighted by molar-refractivity contribution is -0.114. The molecule has 0 saturated heterocycles. The molecule has 3 aromatic rings. The number of benzene rings is 3. The van der Waals surface area contributed by atoms with Crippen LogP contribution in [0.4, 0.5) is 5.69 Å². The Kier molecular flexibility index (Phi) is 9.14. The molecule has 5 heteroatoms. The van der Waals surface area contributed by atoms with Crippen LogP contribution in [0.1, 0.15) is 36.5 Å². The second kappa shape index (κ2) is 12.0. The molecule has 1 atom stereocenters. The lowest BCUT2D eigenvalue weighted by atomic mass is 9.82. The van der Waals surface area contributed by atoms with Crippen LogP contribution in [0.3, 0.4) is 0 Å². The maximum atomic E-state index is 11.3. The van der Waals surface area contributed by atoms with E-state index in [2.05, 4.69) is 72.8 Å². The Morgan fingerprint density at radius 2 is 1.79 bits per heavy atom. The molecule has 0 aliphatic heterocycles. The predicted octanol–water partition coefficient (Wildman–Crippen LogP) is 6.37. The lowest BCUT2D eigenvalue weighted by Crippen LogP contribution is -2.21. The molecule has 180 valence electrons. The number of aryl methyl sites for hydroxylation is 1. The van der Waals surface area contributed by atoms with Crippen LogP contribution in [0.5, 0.6) is 5.75 Å². The van der Waals surface area contributed by atoms with Crippen molar-refractivity contribution in [2.45, 2.75) is 39.2 Å². The average molecular weight is 479 g/mol. The number of fused-ring (bicyclic) bond motifs is 1. The number of nitrogens with one attached hydrogen (secondary N) is 1. The fourth-order valence-corrected chi connectivity index (χ4v) is 4.52. The lowest BCUT2D eigenvalue weighted by Gasteiger charge is -2.26. The van der Waals surface area contributed by atoms with E-state index >= 15 is 0 Å². The fourth-order valence-electron chi connectivity index (χ4n) is 4.52. The smallest absolute Gasteiger partial charge is 0.221 e. The van der Waals surface area contributed by atoms with Gasteiger partial charge in [0.25, 0.3) is 0 Å². The van der Waals surface area contributed by atoms with Crippen molar-refractivity contribution in [2.75, 3.05) is 26.0 Å². The minimum absolute atomic E-state index is 0. The van der Waals surface area contributed by atoms with Gasteiger partial charge in [0.1, 0.15) is 12.4 Å². The molecule has 0 heterocycles. The van der Waals surface area contributed by atoms with Gasteiger partial charge in [-0.2, -0.15) is 0 Å². The standard InChI is InChI=1S/C29H34N2O2.ClH/c1-21(32)30-28-6-4-5-25(18-28)24-10-8-23(9-11-24)20-33-29-14-13-26-17-22(15-16-31(2)3)7-12-27(26)19-29;/h4-6,8-11,13-14,18-19,22H,7,12,15-17,20H2,1-3H3,(H,30,32);1H. The van der Waals surface area contributed by atoms with Gasteiger partial charge in [0, 0.05) is 12.6 Å². The highest BCUT2D eigenvalue weighted by Gasteiger charge is 2.19. The Morgan fingerprint density at radius 3 is 2.53 bits per heavy atom. The molecule has 1 aliphatic carbocycles. The van der Waals surface area contributed by atoms with Gasteiger partial charge in [-0.3, -0.25) is 4.79 Å². The first-order chi connectivity index (χ1) is 16.0. The van der Waals surface area contributed by atoms with Gasteiger partial charge in [-0.05, 0) is 104 Å². The summed E-state index contributed by atoms with van der Waals surface area (Å²) in [6.07, 6.45) is 4.89. The number of nitrogens with zero attached hydrogens (tertiary/aromatic N) is 1. The number of rotatable bonds is 8. The SMILES string of the molecule is CC(=O)Nc1cccc(-c2ccc(COc3ccc4c(c3)CCC(CCN(C)C)C4)cc2)c1.Cl. The van der Waals surface area contributed by atoms with Crippen molar-refractivity contribution in [3.8, 4) is 16.9 Å². The Balaban J connectivity index is 0.00000324. The predicted molar refractivity (Wildman–Crippen MR) is 143 cm³/mol. The number of hydrogen-bond acceptors (Lipinski definition) is 3. The molecule has 0 saturated carbocycles. The number of carbonyl (C=O) groups excluding carboxylic acids is 1. The van der Waals surface area contributed by atoms with Crippen LogP contribution in [0, 0.1) is 5.92 Å². The molecule has 4 nitrogen and oxygen atoms in total. The third-order valence-corrected chi connectivity index (χ3v) is 6.37. The van der Waals surface area contributed by atoms with Gasteiger partial charge in [-0.1, -0.05) is 42.5 Å². The third-order valence-electron chi connectivity index (χ3n) is 6.37. The van der Waals surface area contributed by atoms with E-state index in [0.29, 0.717) is 6.61 Å². The zero-order valence-corrected chi connectivity index (χ0v) is 21.2. The van der Waals surface area contributed by atoms with Gasteiger partial charge >= 0.3 is 0 Å². The maximum Gasteiger partial charge on any atom is 0.221 e. The molecule has 1 amide bonds. The Morgan fingerprint density at radius 1 is 1.00 bits per heavy atom. The van der Waals surface area contributed by atoms with E-state index in [1.165, 1.54) is 43.9 Å². The minimum atomic E-state index is -0.0639. The normalized spacial score (nSPS) is 14.8. The van der Waals surface area contributed by atoms with Crippen molar-refractivity contribution in [1.29, 1.82) is 0 Å². The molecule has 0 aromatic heterocycles. The summed E-state index contributed by atoms with van der Waals surface area (Å²) in [5, 5.41) is 2.84. The number of hydrogen-bond donors (Lipinski definition) is 1. The van der Waals surface area contributed by atoms with Crippen molar-refractivity contribution < 1.29 is 9.53 Å². The summed E-state index contributed by atoms with van der Waals surface area (Å²) < 4.78 is 6.12. The molecule has 4 rings (SSSR count). The molecular formula is C29H35ClN2O2. The van der Waals surface area contributed by atoms with Gasteiger partial charge in [0.05, 0.1) is 0 Å². The first-order valence-corrected chi connectivity index (χ1v) is 11.8. The molecule has 1 N–H and O–H groups in total. The summed E-state index contributed by atoms with van der Waals surface area (Å²) in [6.45, 7) is 3.24. The molecule has 0 bridgehead atoms. The largest absolute Gasteiger partial charge is 0.489 e. The van der Waals surface area contributed by atoms with E-state index < -0.39 is 0 Å². The van der Waals surface area contributed by atoms with E-state index in [1.807, 2.05) is 18.2 Å². The second-order valence-corrected chi connectivity index (χ2v) is 9.38. The summed E-state index contributed by atoms with van der Waals surface area (Å²) in [7, 11) is 4.30. The highest BCUT2D eigenvalue weighted by atomic mass is 35.5. The zero-order chi connectivity index (χ0) is 23.2. The molecule has 0 fully saturated rings. The van der Waals surface area contributed by atoms with E-state index in [9.17, 15) is 4.79 Å². The van der Waals surface area contributed by atoms with E-state index in [1.54, 1.807) is 0 Å². The first kappa shape index (κ1) is 25.8. The third kappa shape index (κ3) is 7.09. The van der Waals surface area contributed by atoms with Crippen LogP contribution in [-0.2, 0) is 24.2 Å². The van der Waals surface area contributed by atoms with Gasteiger partial charge in [-0.25, -0.2) is 0 Å². The quantitative estimate of drug-likeness (QED) is 0.409. The van der Waals surface area contributed by atoms with E-state index in [0.717, 1.165) is 40.5 Å². The van der Waals surface area contributed by atoms with Gasteiger partial charge < -0.3 is 15.0 Å². The maximum absolute atomic E-state index is 11.3. The van der Waals surface area contributed by atoms with Crippen LogP contribution >= 0.6 is 12.4 Å². The molecule has 0 spiro atoms. The summed E-state index contributed by atoms with van der Waals surface area (Å²) in [5.74, 6) is 1.68. The van der Waals surface area contributed by atoms with Crippen molar-refractivity contribution in [3.63, 3.8) is 0 Å². The summed E-state index contributed by atoms with van der Waals surface area (Å²) in [6, 6.07) is 22.9. The van der Waals surface area contributed by atoms with Crippen LogP contribution < -0.4 is 10.1 Å². The number of carbonyl (C=O) groups is 1. The number of anilines is 1. The van der Waals surface area contributed by atoms with E-state index in [4.69, 9.17) is 4.74 Å². The molecular weight excluding hydrogens is 444 g/mol. The van der Waals surface area contributed by atoms with Crippen LogP contribution in [0.25, 0.3) is 11.1 Å². The Labute approximate surface area is 209 Å². The highest BCUT2D eigenvalue weighted by molar-refractivity contribution is 5.89. The number of amides is 1. The monoisotopic (exact) mass is 478 g/mol. The Hall–Kier alpha value is -2.82. The zero-order valence-electron chi connectivity index (χ0n) is 20.3. The Bertz CT molecular complexity index is 1100. The second-order valence-electron chi connectivity index (χ2n) is 9.38. The van der Waals surface area contributed by atoms with Gasteiger partial charge in [-0.15, -0.1) is 12.4 Å². The summed E-state index contributed by atoms with van der Waals surface area (Å²) in [5.41, 5.74) is 7.07. The fraction of sp³-hybridized carbons (Fsp3) is 0.345. The van der Waals surface area contributed by atoms with Gasteiger partial charge in [0.2, 0.25) is 5.91 Å².